The van der Waals surface area contributed by atoms with E-state index >= 15 is 0 Å². The minimum absolute atomic E-state index is 0.103. The topological polar surface area (TPSA) is 57.6 Å². The van der Waals surface area contributed by atoms with E-state index < -0.39 is 11.9 Å². The second kappa shape index (κ2) is 4.26. The Balaban J connectivity index is 2.74. The van der Waals surface area contributed by atoms with Crippen molar-refractivity contribution in [1.29, 1.82) is 0 Å². The van der Waals surface area contributed by atoms with E-state index in [0.29, 0.717) is 19.4 Å². The highest BCUT2D eigenvalue weighted by molar-refractivity contribution is 5.86. The molecule has 1 amide bonds. The third kappa shape index (κ3) is 1.78. The minimum atomic E-state index is -0.878. The number of hydrogen-bond acceptors (Lipinski definition) is 2. The summed E-state index contributed by atoms with van der Waals surface area (Å²) >= 11 is 0. The van der Waals surface area contributed by atoms with Gasteiger partial charge in [0.1, 0.15) is 0 Å². The van der Waals surface area contributed by atoms with E-state index in [-0.39, 0.29) is 11.8 Å². The summed E-state index contributed by atoms with van der Waals surface area (Å²) in [5.74, 6) is -1.89. The molecule has 1 fully saturated rings. The van der Waals surface area contributed by atoms with Crippen LogP contribution in [0.2, 0.25) is 0 Å². The summed E-state index contributed by atoms with van der Waals surface area (Å²) in [6.45, 7) is 5.90. The summed E-state index contributed by atoms with van der Waals surface area (Å²) < 4.78 is 0. The van der Waals surface area contributed by atoms with E-state index in [0.717, 1.165) is 0 Å². The highest BCUT2D eigenvalue weighted by atomic mass is 16.4. The predicted octanol–water partition coefficient (Wildman–Crippen LogP) is 1.09. The summed E-state index contributed by atoms with van der Waals surface area (Å²) in [7, 11) is 0. The molecule has 2 atom stereocenters. The average molecular weight is 197 g/mol. The molecular formula is C10H15NO3. The van der Waals surface area contributed by atoms with Crippen molar-refractivity contribution in [2.75, 3.05) is 6.54 Å². The fourth-order valence-corrected chi connectivity index (χ4v) is 1.91. The van der Waals surface area contributed by atoms with Gasteiger partial charge in [-0.15, -0.1) is 0 Å². The van der Waals surface area contributed by atoms with Crippen molar-refractivity contribution in [3.63, 3.8) is 0 Å². The smallest absolute Gasteiger partial charge is 0.307 e. The quantitative estimate of drug-likeness (QED) is 0.734. The maximum Gasteiger partial charge on any atom is 0.307 e. The molecule has 0 bridgehead atoms. The van der Waals surface area contributed by atoms with Gasteiger partial charge in [-0.1, -0.05) is 13.5 Å². The number of rotatable bonds is 4. The molecule has 2 unspecified atom stereocenters. The van der Waals surface area contributed by atoms with E-state index in [4.69, 9.17) is 5.11 Å². The molecule has 0 aromatic carbocycles. The lowest BCUT2D eigenvalue weighted by Gasteiger charge is -2.16. The molecule has 0 aromatic rings. The van der Waals surface area contributed by atoms with Gasteiger partial charge in [-0.2, -0.15) is 0 Å². The van der Waals surface area contributed by atoms with Gasteiger partial charge in [0.15, 0.2) is 0 Å². The van der Waals surface area contributed by atoms with Gasteiger partial charge in [0.25, 0.3) is 0 Å². The van der Waals surface area contributed by atoms with Crippen LogP contribution in [0.4, 0.5) is 0 Å². The Labute approximate surface area is 83.2 Å². The Kier molecular flexibility index (Phi) is 3.28. The predicted molar refractivity (Wildman–Crippen MR) is 51.4 cm³/mol. The average Bonchev–Trinajstić information content (AvgIpc) is 2.49. The third-order valence-corrected chi connectivity index (χ3v) is 2.74. The lowest BCUT2D eigenvalue weighted by molar-refractivity contribution is -0.147. The van der Waals surface area contributed by atoms with Crippen LogP contribution in [0.1, 0.15) is 19.8 Å². The van der Waals surface area contributed by atoms with Crippen LogP contribution in [0.25, 0.3) is 0 Å². The molecule has 78 valence electrons. The standard InChI is InChI=1S/C10H15NO3/c1-3-7(10(13)14)8-5-6-11(4-2)9(8)12/h4,7-8H,2-3,5-6H2,1H3,(H,13,14). The number of carboxylic acid groups (broad SMARTS) is 1. The number of carboxylic acids is 1. The number of carbonyl (C=O) groups is 2. The summed E-state index contributed by atoms with van der Waals surface area (Å²) in [5, 5.41) is 8.91. The van der Waals surface area contributed by atoms with Gasteiger partial charge < -0.3 is 10.0 Å². The second-order valence-electron chi connectivity index (χ2n) is 3.46. The molecule has 1 rings (SSSR count). The highest BCUT2D eigenvalue weighted by Gasteiger charge is 2.38. The summed E-state index contributed by atoms with van der Waals surface area (Å²) in [4.78, 5) is 24.0. The van der Waals surface area contributed by atoms with Crippen molar-refractivity contribution in [2.24, 2.45) is 11.8 Å². The zero-order valence-corrected chi connectivity index (χ0v) is 8.27. The fourth-order valence-electron chi connectivity index (χ4n) is 1.91. The molecule has 0 spiro atoms. The van der Waals surface area contributed by atoms with Crippen molar-refractivity contribution in [3.8, 4) is 0 Å². The van der Waals surface area contributed by atoms with Crippen molar-refractivity contribution in [2.45, 2.75) is 19.8 Å². The summed E-state index contributed by atoms with van der Waals surface area (Å²) in [6.07, 6.45) is 2.59. The Bertz CT molecular complexity index is 262. The number of nitrogens with zero attached hydrogens (tertiary/aromatic N) is 1. The van der Waals surface area contributed by atoms with Crippen LogP contribution < -0.4 is 0 Å². The van der Waals surface area contributed by atoms with Crippen molar-refractivity contribution in [3.05, 3.63) is 12.8 Å². The van der Waals surface area contributed by atoms with Crippen LogP contribution >= 0.6 is 0 Å². The molecule has 1 aliphatic rings. The van der Waals surface area contributed by atoms with Crippen molar-refractivity contribution in [1.82, 2.24) is 4.90 Å². The van der Waals surface area contributed by atoms with Crippen LogP contribution in [-0.4, -0.2) is 28.4 Å². The first kappa shape index (κ1) is 10.8. The molecule has 1 heterocycles. The number of likely N-dealkylation sites (tertiary alicyclic amines) is 1. The number of amides is 1. The van der Waals surface area contributed by atoms with Crippen molar-refractivity contribution < 1.29 is 14.7 Å². The van der Waals surface area contributed by atoms with Crippen molar-refractivity contribution >= 4 is 11.9 Å². The molecule has 1 aliphatic heterocycles. The fraction of sp³-hybridized carbons (Fsp3) is 0.600. The first-order valence-electron chi connectivity index (χ1n) is 4.77. The molecule has 4 heteroatoms. The number of aliphatic carboxylic acids is 1. The lowest BCUT2D eigenvalue weighted by Crippen LogP contribution is -2.30. The summed E-state index contributed by atoms with van der Waals surface area (Å²) in [6, 6.07) is 0. The Hall–Kier alpha value is -1.32. The first-order chi connectivity index (χ1) is 6.61. The van der Waals surface area contributed by atoms with Crippen LogP contribution in [0.3, 0.4) is 0 Å². The maximum absolute atomic E-state index is 11.6. The first-order valence-corrected chi connectivity index (χ1v) is 4.77. The third-order valence-electron chi connectivity index (χ3n) is 2.74. The number of hydrogen-bond donors (Lipinski definition) is 1. The number of carbonyl (C=O) groups excluding carboxylic acids is 1. The van der Waals surface area contributed by atoms with Crippen LogP contribution in [0.5, 0.6) is 0 Å². The molecule has 0 radical (unpaired) electrons. The Morgan fingerprint density at radius 2 is 2.50 bits per heavy atom. The van der Waals surface area contributed by atoms with Gasteiger partial charge in [-0.05, 0) is 19.0 Å². The largest absolute Gasteiger partial charge is 0.481 e. The monoisotopic (exact) mass is 197 g/mol. The van der Waals surface area contributed by atoms with E-state index in [1.165, 1.54) is 11.1 Å². The Morgan fingerprint density at radius 1 is 1.86 bits per heavy atom. The summed E-state index contributed by atoms with van der Waals surface area (Å²) in [5.41, 5.74) is 0. The van der Waals surface area contributed by atoms with Gasteiger partial charge in [-0.25, -0.2) is 0 Å². The Morgan fingerprint density at radius 3 is 2.86 bits per heavy atom. The zero-order chi connectivity index (χ0) is 10.7. The van der Waals surface area contributed by atoms with Crippen LogP contribution in [-0.2, 0) is 9.59 Å². The highest BCUT2D eigenvalue weighted by Crippen LogP contribution is 2.28. The van der Waals surface area contributed by atoms with Gasteiger partial charge in [0.2, 0.25) is 5.91 Å². The zero-order valence-electron chi connectivity index (χ0n) is 8.27. The van der Waals surface area contributed by atoms with Gasteiger partial charge in [0, 0.05) is 6.54 Å². The van der Waals surface area contributed by atoms with Crippen LogP contribution in [0.15, 0.2) is 12.8 Å². The maximum atomic E-state index is 11.6. The SMILES string of the molecule is C=CN1CCC(C(CC)C(=O)O)C1=O. The molecule has 14 heavy (non-hydrogen) atoms. The molecule has 0 saturated carbocycles. The van der Waals surface area contributed by atoms with E-state index in [9.17, 15) is 9.59 Å². The molecule has 0 aromatic heterocycles. The lowest BCUT2D eigenvalue weighted by atomic mass is 9.89. The molecule has 1 N–H and O–H groups in total. The van der Waals surface area contributed by atoms with E-state index in [1.807, 2.05) is 0 Å². The van der Waals surface area contributed by atoms with E-state index in [1.54, 1.807) is 6.92 Å². The molecule has 1 saturated heterocycles. The van der Waals surface area contributed by atoms with Gasteiger partial charge >= 0.3 is 5.97 Å². The second-order valence-corrected chi connectivity index (χ2v) is 3.46. The van der Waals surface area contributed by atoms with Gasteiger partial charge in [-0.3, -0.25) is 9.59 Å². The molecular weight excluding hydrogens is 182 g/mol. The molecule has 0 aliphatic carbocycles. The normalized spacial score (nSPS) is 23.6. The van der Waals surface area contributed by atoms with E-state index in [2.05, 4.69) is 6.58 Å². The van der Waals surface area contributed by atoms with Gasteiger partial charge in [0.05, 0.1) is 11.8 Å². The molecule has 4 nitrogen and oxygen atoms in total. The minimum Gasteiger partial charge on any atom is -0.481 e. The van der Waals surface area contributed by atoms with Crippen LogP contribution in [0, 0.1) is 11.8 Å².